The van der Waals surface area contributed by atoms with E-state index in [0.717, 1.165) is 17.7 Å². The van der Waals surface area contributed by atoms with Gasteiger partial charge in [0.1, 0.15) is 17.9 Å². The summed E-state index contributed by atoms with van der Waals surface area (Å²) in [7, 11) is 1.63. The van der Waals surface area contributed by atoms with Crippen molar-refractivity contribution in [3.8, 4) is 5.75 Å². The van der Waals surface area contributed by atoms with Crippen LogP contribution in [0.5, 0.6) is 5.75 Å². The van der Waals surface area contributed by atoms with Gasteiger partial charge in [-0.05, 0) is 24.1 Å². The van der Waals surface area contributed by atoms with Crippen LogP contribution in [0, 0.1) is 0 Å². The quantitative estimate of drug-likeness (QED) is 0.616. The van der Waals surface area contributed by atoms with E-state index in [1.807, 2.05) is 31.2 Å². The Hall–Kier alpha value is -0.770. The van der Waals surface area contributed by atoms with Crippen LogP contribution in [0.1, 0.15) is 25.0 Å². The van der Waals surface area contributed by atoms with E-state index in [1.54, 1.807) is 7.11 Å². The van der Waals surface area contributed by atoms with Crippen molar-refractivity contribution < 1.29 is 28.0 Å². The van der Waals surface area contributed by atoms with E-state index >= 15 is 0 Å². The lowest BCUT2D eigenvalue weighted by molar-refractivity contribution is -0.439. The molecule has 0 aliphatic rings. The Kier molecular flexibility index (Phi) is 6.32. The van der Waals surface area contributed by atoms with Crippen molar-refractivity contribution >= 4 is 0 Å². The van der Waals surface area contributed by atoms with Crippen molar-refractivity contribution in [2.24, 2.45) is 0 Å². The molecule has 0 aliphatic carbocycles. The predicted octanol–water partition coefficient (Wildman–Crippen LogP) is -2.25. The van der Waals surface area contributed by atoms with Crippen molar-refractivity contribution in [3.63, 3.8) is 0 Å². The third kappa shape index (κ3) is 3.70. The zero-order valence-corrected chi connectivity index (χ0v) is 9.87. The van der Waals surface area contributed by atoms with Gasteiger partial charge in [0.25, 0.3) is 0 Å². The van der Waals surface area contributed by atoms with Crippen LogP contribution < -0.4 is 22.9 Å². The molecule has 4 heteroatoms. The van der Waals surface area contributed by atoms with Crippen LogP contribution in [-0.4, -0.2) is 18.3 Å². The summed E-state index contributed by atoms with van der Waals surface area (Å²) < 4.78 is 5.04. The normalized spacial score (nSPS) is 13.9. The highest BCUT2D eigenvalue weighted by molar-refractivity contribution is 5.28. The van der Waals surface area contributed by atoms with Gasteiger partial charge in [-0.1, -0.05) is 19.1 Å². The van der Waals surface area contributed by atoms with E-state index in [1.165, 1.54) is 0 Å². The van der Waals surface area contributed by atoms with Crippen LogP contribution in [0.3, 0.4) is 0 Å². The molecule has 0 amide bonds. The standard InChI is InChI=1S/C11H17NO2.ClH/c1-3-10(12)11(13)8-4-6-9(14-2)7-5-8;/h4-7,10-11,13H,3,12H2,1-2H3;1H/t10-,11-;/m1./s1. The van der Waals surface area contributed by atoms with Gasteiger partial charge in [0.2, 0.25) is 0 Å². The number of ether oxygens (including phenoxy) is 1. The molecule has 4 N–H and O–H groups in total. The average Bonchev–Trinajstić information content (AvgIpc) is 2.27. The second-order valence-corrected chi connectivity index (χ2v) is 3.39. The lowest BCUT2D eigenvalue weighted by atomic mass is 10.0. The van der Waals surface area contributed by atoms with Crippen molar-refractivity contribution in [1.29, 1.82) is 0 Å². The summed E-state index contributed by atoms with van der Waals surface area (Å²) in [6.07, 6.45) is 0.388. The Labute approximate surface area is 96.7 Å². The van der Waals surface area contributed by atoms with Gasteiger partial charge in [0, 0.05) is 0 Å². The fraction of sp³-hybridized carbons (Fsp3) is 0.455. The lowest BCUT2D eigenvalue weighted by Crippen LogP contribution is -3.00. The molecule has 15 heavy (non-hydrogen) atoms. The van der Waals surface area contributed by atoms with Crippen molar-refractivity contribution in [1.82, 2.24) is 0 Å². The second-order valence-electron chi connectivity index (χ2n) is 3.39. The molecule has 0 saturated heterocycles. The number of hydrogen-bond donors (Lipinski definition) is 2. The summed E-state index contributed by atoms with van der Waals surface area (Å²) in [6.45, 7) is 2.02. The Morgan fingerprint density at radius 3 is 2.27 bits per heavy atom. The third-order valence-corrected chi connectivity index (χ3v) is 2.43. The molecule has 0 unspecified atom stereocenters. The molecular weight excluding hydrogens is 214 g/mol. The highest BCUT2D eigenvalue weighted by Crippen LogP contribution is 2.19. The molecule has 0 fully saturated rings. The molecule has 1 rings (SSSR count). The summed E-state index contributed by atoms with van der Waals surface area (Å²) in [4.78, 5) is 0. The minimum atomic E-state index is -0.481. The molecule has 0 saturated carbocycles. The highest BCUT2D eigenvalue weighted by Gasteiger charge is 2.17. The van der Waals surface area contributed by atoms with Gasteiger partial charge in [-0.2, -0.15) is 0 Å². The molecule has 0 heterocycles. The first-order chi connectivity index (χ1) is 6.69. The van der Waals surface area contributed by atoms with Crippen LogP contribution in [0.15, 0.2) is 24.3 Å². The van der Waals surface area contributed by atoms with Crippen LogP contribution >= 0.6 is 0 Å². The summed E-state index contributed by atoms with van der Waals surface area (Å²) in [5.41, 5.74) is 4.79. The molecule has 1 aromatic rings. The average molecular weight is 232 g/mol. The van der Waals surface area contributed by atoms with E-state index in [0.29, 0.717) is 0 Å². The first-order valence-electron chi connectivity index (χ1n) is 4.84. The maximum absolute atomic E-state index is 9.85. The van der Waals surface area contributed by atoms with E-state index < -0.39 is 6.10 Å². The molecule has 0 radical (unpaired) electrons. The fourth-order valence-electron chi connectivity index (χ4n) is 1.30. The Morgan fingerprint density at radius 1 is 1.33 bits per heavy atom. The topological polar surface area (TPSA) is 57.1 Å². The number of benzene rings is 1. The van der Waals surface area contributed by atoms with E-state index in [2.05, 4.69) is 5.73 Å². The van der Waals surface area contributed by atoms with Crippen molar-refractivity contribution in [3.05, 3.63) is 29.8 Å². The molecule has 86 valence electrons. The maximum Gasteiger partial charge on any atom is 0.130 e. The molecule has 0 aromatic heterocycles. The molecular formula is C11H18ClNO2. The number of rotatable bonds is 4. The molecule has 0 aliphatic heterocycles. The van der Waals surface area contributed by atoms with Crippen molar-refractivity contribution in [2.75, 3.05) is 7.11 Å². The van der Waals surface area contributed by atoms with Gasteiger partial charge in [0.05, 0.1) is 7.11 Å². The fourth-order valence-corrected chi connectivity index (χ4v) is 1.30. The Bertz CT molecular complexity index is 276. The maximum atomic E-state index is 9.85. The van der Waals surface area contributed by atoms with Crippen LogP contribution in [0.25, 0.3) is 0 Å². The first-order valence-corrected chi connectivity index (χ1v) is 4.84. The number of hydrogen-bond acceptors (Lipinski definition) is 2. The molecule has 0 bridgehead atoms. The lowest BCUT2D eigenvalue weighted by Gasteiger charge is -2.14. The van der Waals surface area contributed by atoms with Crippen LogP contribution in [-0.2, 0) is 0 Å². The Morgan fingerprint density at radius 2 is 1.87 bits per heavy atom. The number of methoxy groups -OCH3 is 1. The van der Waals surface area contributed by atoms with Gasteiger partial charge in [0.15, 0.2) is 0 Å². The van der Waals surface area contributed by atoms with Crippen molar-refractivity contribution in [2.45, 2.75) is 25.5 Å². The second kappa shape index (κ2) is 6.67. The molecule has 0 spiro atoms. The number of quaternary nitrogens is 1. The van der Waals surface area contributed by atoms with Crippen LogP contribution in [0.2, 0.25) is 0 Å². The molecule has 1 aromatic carbocycles. The summed E-state index contributed by atoms with van der Waals surface area (Å²) in [6, 6.07) is 7.49. The minimum absolute atomic E-state index is 0. The van der Waals surface area contributed by atoms with Gasteiger partial charge >= 0.3 is 0 Å². The third-order valence-electron chi connectivity index (χ3n) is 2.43. The van der Waals surface area contributed by atoms with E-state index in [9.17, 15) is 5.11 Å². The SMILES string of the molecule is CC[C@@H]([NH3+])[C@H](O)c1ccc(OC)cc1.[Cl-]. The first kappa shape index (κ1) is 14.2. The zero-order chi connectivity index (χ0) is 10.6. The van der Waals surface area contributed by atoms with Gasteiger partial charge in [-0.25, -0.2) is 0 Å². The number of aliphatic hydroxyl groups excluding tert-OH is 1. The van der Waals surface area contributed by atoms with Crippen LogP contribution in [0.4, 0.5) is 0 Å². The smallest absolute Gasteiger partial charge is 0.130 e. The minimum Gasteiger partial charge on any atom is -1.00 e. The zero-order valence-electron chi connectivity index (χ0n) is 9.11. The Balaban J connectivity index is 0.00000196. The molecule has 3 nitrogen and oxygen atoms in total. The van der Waals surface area contributed by atoms with E-state index in [-0.39, 0.29) is 18.4 Å². The number of halogens is 1. The largest absolute Gasteiger partial charge is 1.00 e. The summed E-state index contributed by atoms with van der Waals surface area (Å²) in [5, 5.41) is 9.85. The monoisotopic (exact) mass is 231 g/mol. The predicted molar refractivity (Wildman–Crippen MR) is 54.9 cm³/mol. The van der Waals surface area contributed by atoms with Gasteiger partial charge in [-0.15, -0.1) is 0 Å². The summed E-state index contributed by atoms with van der Waals surface area (Å²) >= 11 is 0. The number of aliphatic hydroxyl groups is 1. The van der Waals surface area contributed by atoms with Gasteiger partial charge < -0.3 is 28.0 Å². The molecule has 2 atom stereocenters. The summed E-state index contributed by atoms with van der Waals surface area (Å²) in [5.74, 6) is 0.804. The highest BCUT2D eigenvalue weighted by atomic mass is 35.5. The van der Waals surface area contributed by atoms with Gasteiger partial charge in [-0.3, -0.25) is 0 Å². The van der Waals surface area contributed by atoms with E-state index in [4.69, 9.17) is 4.74 Å².